The average Bonchev–Trinajstić information content (AvgIpc) is 3.98. The Balaban J connectivity index is 0.828. The molecule has 2 aliphatic rings. The van der Waals surface area contributed by atoms with Crippen molar-refractivity contribution in [2.24, 2.45) is 11.1 Å². The minimum absolute atomic E-state index is 0.0202. The van der Waals surface area contributed by atoms with Crippen LogP contribution in [0.1, 0.15) is 62.2 Å². The fourth-order valence-corrected chi connectivity index (χ4v) is 8.64. The van der Waals surface area contributed by atoms with Crippen LogP contribution in [0.5, 0.6) is 11.5 Å². The van der Waals surface area contributed by atoms with Crippen molar-refractivity contribution in [2.75, 3.05) is 95.9 Å². The Morgan fingerprint density at radius 1 is 0.905 bits per heavy atom. The quantitative estimate of drug-likeness (QED) is 0.0675. The minimum Gasteiger partial charge on any atom is -0.497 e. The van der Waals surface area contributed by atoms with E-state index in [1.165, 1.54) is 0 Å². The summed E-state index contributed by atoms with van der Waals surface area (Å²) in [6.45, 7) is 16.9. The van der Waals surface area contributed by atoms with E-state index >= 15 is 0 Å². The number of rotatable bonds is 23. The first-order valence-corrected chi connectivity index (χ1v) is 22.2. The number of nitrogens with one attached hydrogen (secondary N) is 3. The lowest BCUT2D eigenvalue weighted by atomic mass is 9.87. The summed E-state index contributed by atoms with van der Waals surface area (Å²) in [5, 5.41) is 13.5. The number of ether oxygens (including phenoxy) is 4. The Morgan fingerprint density at radius 2 is 1.59 bits per heavy atom. The molecule has 17 nitrogen and oxygen atoms in total. The van der Waals surface area contributed by atoms with Crippen LogP contribution in [0.15, 0.2) is 60.9 Å². The van der Waals surface area contributed by atoms with Gasteiger partial charge in [0.2, 0.25) is 5.91 Å². The number of likely N-dealkylation sites (tertiary alicyclic amines) is 1. The van der Waals surface area contributed by atoms with Gasteiger partial charge in [-0.1, -0.05) is 13.8 Å². The van der Waals surface area contributed by atoms with Gasteiger partial charge in [-0.15, -0.1) is 0 Å². The molecule has 0 unspecified atom stereocenters. The number of nitrogens with zero attached hydrogens (tertiary/aromatic N) is 6. The molecule has 63 heavy (non-hydrogen) atoms. The van der Waals surface area contributed by atoms with E-state index in [4.69, 9.17) is 30.4 Å². The van der Waals surface area contributed by atoms with Crippen molar-refractivity contribution in [2.45, 2.75) is 84.1 Å². The molecule has 0 bridgehead atoms. The number of aromatic amines is 1. The second-order valence-electron chi connectivity index (χ2n) is 17.6. The molecule has 344 valence electrons. The third-order valence-corrected chi connectivity index (χ3v) is 12.3. The lowest BCUT2D eigenvalue weighted by Gasteiger charge is -2.45. The number of nitrogen functional groups attached to an aromatic ring is 1. The number of imidazole rings is 1. The van der Waals surface area contributed by atoms with Gasteiger partial charge in [0.1, 0.15) is 11.5 Å². The van der Waals surface area contributed by atoms with Crippen molar-refractivity contribution in [1.82, 2.24) is 34.9 Å². The predicted molar refractivity (Wildman–Crippen MR) is 245 cm³/mol. The minimum atomic E-state index is -0.565. The number of anilines is 3. The summed E-state index contributed by atoms with van der Waals surface area (Å²) in [5.74, 6) is 2.14. The summed E-state index contributed by atoms with van der Waals surface area (Å²) in [7, 11) is 3.28. The molecule has 4 aromatic rings. The number of carbonyl (C=O) groups excluding carboxylic acids is 2. The van der Waals surface area contributed by atoms with Crippen molar-refractivity contribution in [1.29, 1.82) is 0 Å². The van der Waals surface area contributed by atoms with Crippen LogP contribution in [0.4, 0.5) is 17.5 Å². The molecule has 0 radical (unpaired) electrons. The van der Waals surface area contributed by atoms with Crippen molar-refractivity contribution >= 4 is 29.3 Å². The van der Waals surface area contributed by atoms with Crippen molar-refractivity contribution < 1.29 is 28.5 Å². The number of benzene rings is 2. The van der Waals surface area contributed by atoms with Crippen LogP contribution < -0.4 is 36.5 Å². The molecule has 2 amide bonds. The molecule has 2 aromatic carbocycles. The molecule has 4 atom stereocenters. The third-order valence-electron chi connectivity index (χ3n) is 12.3. The maximum Gasteiger partial charge on any atom is 0.256 e. The van der Waals surface area contributed by atoms with Gasteiger partial charge < -0.3 is 50.5 Å². The summed E-state index contributed by atoms with van der Waals surface area (Å²) in [6, 6.07) is 15.6. The predicted octanol–water partition coefficient (Wildman–Crippen LogP) is 3.81. The van der Waals surface area contributed by atoms with Crippen LogP contribution in [0.2, 0.25) is 0 Å². The first-order chi connectivity index (χ1) is 30.3. The molecule has 2 aliphatic heterocycles. The molecule has 2 saturated heterocycles. The van der Waals surface area contributed by atoms with Gasteiger partial charge in [0, 0.05) is 105 Å². The van der Waals surface area contributed by atoms with Crippen molar-refractivity contribution in [3.05, 3.63) is 77.7 Å². The summed E-state index contributed by atoms with van der Waals surface area (Å²) in [4.78, 5) is 37.3. The van der Waals surface area contributed by atoms with E-state index in [2.05, 4.69) is 68.2 Å². The molecular formula is C46H69N11O6. The van der Waals surface area contributed by atoms with Gasteiger partial charge in [0.05, 0.1) is 46.7 Å². The lowest BCUT2D eigenvalue weighted by Crippen LogP contribution is -2.57. The summed E-state index contributed by atoms with van der Waals surface area (Å²) >= 11 is 0. The second kappa shape index (κ2) is 22.4. The van der Waals surface area contributed by atoms with Crippen LogP contribution >= 0.6 is 0 Å². The second-order valence-corrected chi connectivity index (χ2v) is 17.6. The zero-order valence-corrected chi connectivity index (χ0v) is 38.0. The van der Waals surface area contributed by atoms with Crippen LogP contribution in [-0.4, -0.2) is 145 Å². The van der Waals surface area contributed by atoms with Gasteiger partial charge in [-0.3, -0.25) is 24.5 Å². The Morgan fingerprint density at radius 3 is 2.24 bits per heavy atom. The van der Waals surface area contributed by atoms with E-state index in [0.717, 1.165) is 87.0 Å². The number of amides is 2. The molecule has 2 fully saturated rings. The normalized spacial score (nSPS) is 19.5. The largest absolute Gasteiger partial charge is 0.497 e. The van der Waals surface area contributed by atoms with E-state index in [-0.39, 0.29) is 23.3 Å². The molecule has 6 rings (SSSR count). The van der Waals surface area contributed by atoms with E-state index in [9.17, 15) is 9.59 Å². The fraction of sp³-hybridized carbons (Fsp3) is 0.565. The maximum atomic E-state index is 13.1. The molecule has 0 saturated carbocycles. The molecule has 7 N–H and O–H groups in total. The highest BCUT2D eigenvalue weighted by Gasteiger charge is 2.40. The number of hydrogen-bond acceptors (Lipinski definition) is 13. The van der Waals surface area contributed by atoms with Crippen LogP contribution in [-0.2, 0) is 33.7 Å². The van der Waals surface area contributed by atoms with E-state index in [1.54, 1.807) is 20.4 Å². The standard InChI is InChI=1S/C46H69N11O6/c1-32-28-56(37-13-10-35(11-14-37)43(58)51-42-26-36(52-53-42)12-9-34-24-38(60-5)27-39(25-34)61-6)29-33(2)57(32)19-21-63-23-22-62-20-18-54-30-41(46(3,4)31-54)50-44(59)40(47)8-7-16-55-17-15-49-45(55)48/h10-11,13-15,17,24-27,32-33,40-41H,7-9,12,16,18-23,28-31,47H2,1-6H3,(H2,48,49)(H,50,59)(H2,51,52,53,58)/t32-,33+,40-,41-/m0/s1. The molecule has 0 aliphatic carbocycles. The van der Waals surface area contributed by atoms with Gasteiger partial charge in [0.25, 0.3) is 5.91 Å². The van der Waals surface area contributed by atoms with Gasteiger partial charge in [-0.05, 0) is 86.9 Å². The van der Waals surface area contributed by atoms with Crippen LogP contribution in [0.3, 0.4) is 0 Å². The monoisotopic (exact) mass is 872 g/mol. The Kier molecular flexibility index (Phi) is 16.8. The fourth-order valence-electron chi connectivity index (χ4n) is 8.64. The van der Waals surface area contributed by atoms with Crippen molar-refractivity contribution in [3.63, 3.8) is 0 Å². The molecule has 2 aromatic heterocycles. The zero-order valence-electron chi connectivity index (χ0n) is 38.0. The van der Waals surface area contributed by atoms with E-state index in [0.29, 0.717) is 68.8 Å². The number of methoxy groups -OCH3 is 2. The molecule has 17 heteroatoms. The third kappa shape index (κ3) is 13.4. The Labute approximate surface area is 372 Å². The van der Waals surface area contributed by atoms with Gasteiger partial charge in [-0.2, -0.15) is 5.10 Å². The van der Waals surface area contributed by atoms with Gasteiger partial charge >= 0.3 is 0 Å². The highest BCUT2D eigenvalue weighted by atomic mass is 16.5. The number of aryl methyl sites for hydroxylation is 3. The van der Waals surface area contributed by atoms with Gasteiger partial charge in [0.15, 0.2) is 11.8 Å². The van der Waals surface area contributed by atoms with Crippen LogP contribution in [0.25, 0.3) is 0 Å². The maximum absolute atomic E-state index is 13.1. The first-order valence-electron chi connectivity index (χ1n) is 22.2. The van der Waals surface area contributed by atoms with Crippen LogP contribution in [0, 0.1) is 5.41 Å². The number of H-pyrrole nitrogens is 1. The summed E-state index contributed by atoms with van der Waals surface area (Å²) in [5.41, 5.74) is 15.7. The molecule has 4 heterocycles. The topological polar surface area (TPSA) is 203 Å². The Bertz CT molecular complexity index is 2020. The zero-order chi connectivity index (χ0) is 44.9. The number of carbonyl (C=O) groups is 2. The number of hydrogen-bond donors (Lipinski definition) is 5. The molecular weight excluding hydrogens is 803 g/mol. The number of nitrogens with two attached hydrogens (primary N) is 2. The number of piperazine rings is 1. The summed E-state index contributed by atoms with van der Waals surface area (Å²) in [6.07, 6.45) is 6.30. The highest BCUT2D eigenvalue weighted by molar-refractivity contribution is 6.04. The number of aromatic nitrogens is 4. The molecule has 0 spiro atoms. The van der Waals surface area contributed by atoms with Gasteiger partial charge in [-0.25, -0.2) is 4.98 Å². The first kappa shape index (κ1) is 47.3. The lowest BCUT2D eigenvalue weighted by molar-refractivity contribution is -0.123. The SMILES string of the molecule is COc1cc(CCc2cc(NC(=O)c3ccc(N4C[C@@H](C)N(CCOCCOCCN5C[C@H](NC(=O)[C@@H](N)CCCn6ccnc6N)C(C)(C)C5)[C@@H](C)C4)cc3)n[nH]2)cc(OC)c1. The summed E-state index contributed by atoms with van der Waals surface area (Å²) < 4.78 is 24.6. The smallest absolute Gasteiger partial charge is 0.256 e. The van der Waals surface area contributed by atoms with E-state index in [1.807, 2.05) is 59.3 Å². The van der Waals surface area contributed by atoms with Crippen molar-refractivity contribution in [3.8, 4) is 11.5 Å². The Hall–Kier alpha value is -5.20. The van der Waals surface area contributed by atoms with E-state index < -0.39 is 6.04 Å². The average molecular weight is 872 g/mol. The highest BCUT2D eigenvalue weighted by Crippen LogP contribution is 2.30.